The molecule has 0 aliphatic carbocycles. The van der Waals surface area contributed by atoms with Crippen LogP contribution in [0.4, 0.5) is 5.82 Å². The molecule has 0 saturated carbocycles. The zero-order chi connectivity index (χ0) is 14.0. The number of carbonyl (C=O) groups excluding carboxylic acids is 3. The SMILES string of the molecule is COC(=O)c1nccc(NC2CC(=O)N(C)C2=O)n1. The normalized spacial score (nSPS) is 18.6. The molecule has 0 spiro atoms. The monoisotopic (exact) mass is 264 g/mol. The van der Waals surface area contributed by atoms with Crippen LogP contribution >= 0.6 is 0 Å². The number of methoxy groups -OCH3 is 1. The van der Waals surface area contributed by atoms with E-state index in [4.69, 9.17) is 0 Å². The Hall–Kier alpha value is -2.51. The van der Waals surface area contributed by atoms with Crippen LogP contribution in [0.1, 0.15) is 17.0 Å². The number of imide groups is 1. The molecule has 1 N–H and O–H groups in total. The Labute approximate surface area is 108 Å². The van der Waals surface area contributed by atoms with E-state index in [0.717, 1.165) is 4.90 Å². The molecule has 1 unspecified atom stereocenters. The summed E-state index contributed by atoms with van der Waals surface area (Å²) < 4.78 is 4.50. The first-order valence-corrected chi connectivity index (χ1v) is 5.51. The third-order valence-corrected chi connectivity index (χ3v) is 2.73. The highest BCUT2D eigenvalue weighted by atomic mass is 16.5. The molecule has 2 amide bonds. The Morgan fingerprint density at radius 1 is 1.53 bits per heavy atom. The summed E-state index contributed by atoms with van der Waals surface area (Å²) in [5.41, 5.74) is 0. The Kier molecular flexibility index (Phi) is 3.41. The topological polar surface area (TPSA) is 101 Å². The number of amides is 2. The van der Waals surface area contributed by atoms with Gasteiger partial charge in [-0.2, -0.15) is 0 Å². The Morgan fingerprint density at radius 2 is 2.26 bits per heavy atom. The average Bonchev–Trinajstić information content (AvgIpc) is 2.66. The second-order valence-corrected chi connectivity index (χ2v) is 3.95. The van der Waals surface area contributed by atoms with Crippen molar-refractivity contribution in [1.29, 1.82) is 0 Å². The number of carbonyl (C=O) groups is 3. The van der Waals surface area contributed by atoms with Crippen molar-refractivity contribution in [1.82, 2.24) is 14.9 Å². The van der Waals surface area contributed by atoms with Gasteiger partial charge in [0, 0.05) is 13.2 Å². The van der Waals surface area contributed by atoms with E-state index in [1.165, 1.54) is 26.4 Å². The number of nitrogens with one attached hydrogen (secondary N) is 1. The maximum absolute atomic E-state index is 11.7. The molecule has 0 bridgehead atoms. The highest BCUT2D eigenvalue weighted by Gasteiger charge is 2.36. The van der Waals surface area contributed by atoms with Gasteiger partial charge in [-0.25, -0.2) is 14.8 Å². The largest absolute Gasteiger partial charge is 0.463 e. The first-order valence-electron chi connectivity index (χ1n) is 5.51. The number of aromatic nitrogens is 2. The van der Waals surface area contributed by atoms with Crippen molar-refractivity contribution < 1.29 is 19.1 Å². The molecule has 1 aliphatic heterocycles. The van der Waals surface area contributed by atoms with Gasteiger partial charge in [0.15, 0.2) is 0 Å². The van der Waals surface area contributed by atoms with Crippen molar-refractivity contribution in [2.24, 2.45) is 0 Å². The minimum Gasteiger partial charge on any atom is -0.463 e. The Balaban J connectivity index is 2.14. The van der Waals surface area contributed by atoms with E-state index in [1.54, 1.807) is 0 Å². The van der Waals surface area contributed by atoms with Gasteiger partial charge in [-0.05, 0) is 6.07 Å². The van der Waals surface area contributed by atoms with Gasteiger partial charge in [-0.3, -0.25) is 14.5 Å². The Bertz CT molecular complexity index is 545. The van der Waals surface area contributed by atoms with Crippen molar-refractivity contribution in [3.8, 4) is 0 Å². The van der Waals surface area contributed by atoms with Crippen LogP contribution < -0.4 is 5.32 Å². The molecule has 1 aromatic rings. The maximum Gasteiger partial charge on any atom is 0.376 e. The highest BCUT2D eigenvalue weighted by Crippen LogP contribution is 2.15. The minimum absolute atomic E-state index is 0.0624. The molecule has 100 valence electrons. The number of likely N-dealkylation sites (tertiary alicyclic amines) is 1. The summed E-state index contributed by atoms with van der Waals surface area (Å²) in [7, 11) is 2.64. The minimum atomic E-state index is -0.672. The molecule has 8 heteroatoms. The van der Waals surface area contributed by atoms with E-state index in [-0.39, 0.29) is 29.9 Å². The molecule has 2 rings (SSSR count). The van der Waals surface area contributed by atoms with E-state index in [0.29, 0.717) is 0 Å². The van der Waals surface area contributed by atoms with Crippen molar-refractivity contribution in [2.75, 3.05) is 19.5 Å². The zero-order valence-corrected chi connectivity index (χ0v) is 10.4. The fourth-order valence-electron chi connectivity index (χ4n) is 1.68. The number of ether oxygens (including phenoxy) is 1. The van der Waals surface area contributed by atoms with Crippen molar-refractivity contribution in [3.05, 3.63) is 18.1 Å². The Morgan fingerprint density at radius 3 is 2.84 bits per heavy atom. The number of hydrogen-bond donors (Lipinski definition) is 1. The first-order chi connectivity index (χ1) is 9.02. The lowest BCUT2D eigenvalue weighted by Gasteiger charge is -2.11. The van der Waals surface area contributed by atoms with Crippen LogP contribution in [-0.2, 0) is 14.3 Å². The third kappa shape index (κ3) is 2.51. The van der Waals surface area contributed by atoms with E-state index in [2.05, 4.69) is 20.0 Å². The molecule has 0 radical (unpaired) electrons. The maximum atomic E-state index is 11.7. The van der Waals surface area contributed by atoms with Crippen LogP contribution in [-0.4, -0.2) is 52.9 Å². The molecule has 1 saturated heterocycles. The molecular weight excluding hydrogens is 252 g/mol. The van der Waals surface area contributed by atoms with Gasteiger partial charge in [0.05, 0.1) is 13.5 Å². The number of likely N-dealkylation sites (N-methyl/N-ethyl adjacent to an activating group) is 1. The lowest BCUT2D eigenvalue weighted by Crippen LogP contribution is -2.32. The van der Waals surface area contributed by atoms with Gasteiger partial charge >= 0.3 is 5.97 Å². The van der Waals surface area contributed by atoms with Crippen molar-refractivity contribution in [2.45, 2.75) is 12.5 Å². The summed E-state index contributed by atoms with van der Waals surface area (Å²) in [6.07, 6.45) is 1.43. The van der Waals surface area contributed by atoms with E-state index in [1.807, 2.05) is 0 Å². The zero-order valence-electron chi connectivity index (χ0n) is 10.4. The van der Waals surface area contributed by atoms with Gasteiger partial charge in [-0.15, -0.1) is 0 Å². The first kappa shape index (κ1) is 12.9. The second-order valence-electron chi connectivity index (χ2n) is 3.95. The van der Waals surface area contributed by atoms with Gasteiger partial charge in [0.1, 0.15) is 11.9 Å². The average molecular weight is 264 g/mol. The predicted molar refractivity (Wildman–Crippen MR) is 63.2 cm³/mol. The van der Waals surface area contributed by atoms with E-state index >= 15 is 0 Å². The number of nitrogens with zero attached hydrogens (tertiary/aromatic N) is 3. The molecule has 1 atom stereocenters. The third-order valence-electron chi connectivity index (χ3n) is 2.73. The lowest BCUT2D eigenvalue weighted by molar-refractivity contribution is -0.136. The summed E-state index contributed by atoms with van der Waals surface area (Å²) in [6, 6.07) is 0.834. The summed E-state index contributed by atoms with van der Waals surface area (Å²) in [5, 5.41) is 2.80. The van der Waals surface area contributed by atoms with Crippen LogP contribution in [0.5, 0.6) is 0 Å². The van der Waals surface area contributed by atoms with Crippen molar-refractivity contribution in [3.63, 3.8) is 0 Å². The highest BCUT2D eigenvalue weighted by molar-refractivity contribution is 6.06. The molecule has 8 nitrogen and oxygen atoms in total. The summed E-state index contributed by atoms with van der Waals surface area (Å²) in [4.78, 5) is 43.0. The number of hydrogen-bond acceptors (Lipinski definition) is 7. The summed E-state index contributed by atoms with van der Waals surface area (Å²) in [6.45, 7) is 0. The molecule has 0 aromatic carbocycles. The van der Waals surface area contributed by atoms with Crippen LogP contribution in [0.15, 0.2) is 12.3 Å². The molecule has 1 aliphatic rings. The van der Waals surface area contributed by atoms with E-state index in [9.17, 15) is 14.4 Å². The quantitative estimate of drug-likeness (QED) is 0.576. The van der Waals surface area contributed by atoms with Crippen molar-refractivity contribution >= 4 is 23.6 Å². The molecular formula is C11H12N4O4. The van der Waals surface area contributed by atoms with Gasteiger partial charge in [-0.1, -0.05) is 0 Å². The summed E-state index contributed by atoms with van der Waals surface area (Å²) in [5.74, 6) is -1.09. The molecule has 19 heavy (non-hydrogen) atoms. The fourth-order valence-corrected chi connectivity index (χ4v) is 1.68. The van der Waals surface area contributed by atoms with Crippen LogP contribution in [0.2, 0.25) is 0 Å². The fraction of sp³-hybridized carbons (Fsp3) is 0.364. The van der Waals surface area contributed by atoms with Gasteiger partial charge in [0.2, 0.25) is 11.7 Å². The van der Waals surface area contributed by atoms with Crippen LogP contribution in [0.3, 0.4) is 0 Å². The smallest absolute Gasteiger partial charge is 0.376 e. The van der Waals surface area contributed by atoms with Gasteiger partial charge < -0.3 is 10.1 Å². The summed E-state index contributed by atoms with van der Waals surface area (Å²) >= 11 is 0. The number of esters is 1. The molecule has 1 fully saturated rings. The lowest BCUT2D eigenvalue weighted by atomic mass is 10.2. The standard InChI is InChI=1S/C11H12N4O4/c1-15-8(16)5-6(10(15)17)13-7-3-4-12-9(14-7)11(18)19-2/h3-4,6H,5H2,1-2H3,(H,12,13,14). The molecule has 2 heterocycles. The van der Waals surface area contributed by atoms with Crippen LogP contribution in [0.25, 0.3) is 0 Å². The van der Waals surface area contributed by atoms with Crippen LogP contribution in [0, 0.1) is 0 Å². The molecule has 1 aromatic heterocycles. The number of anilines is 1. The van der Waals surface area contributed by atoms with Gasteiger partial charge in [0.25, 0.3) is 5.91 Å². The second kappa shape index (κ2) is 5.01. The number of rotatable bonds is 3. The predicted octanol–water partition coefficient (Wildman–Crippen LogP) is -0.568. The van der Waals surface area contributed by atoms with E-state index < -0.39 is 12.0 Å².